The second-order valence-corrected chi connectivity index (χ2v) is 11.5. The quantitative estimate of drug-likeness (QED) is 0.523. The van der Waals surface area contributed by atoms with E-state index in [9.17, 15) is 9.59 Å². The molecule has 32 heavy (non-hydrogen) atoms. The fourth-order valence-corrected chi connectivity index (χ4v) is 5.77. The zero-order valence-corrected chi connectivity index (χ0v) is 20.9. The molecule has 1 aromatic rings. The number of allylic oxidation sites excluding steroid dienone is 4. The molecular formula is C27H34ClNO3. The molecule has 0 spiro atoms. The molecule has 3 aliphatic rings. The van der Waals surface area contributed by atoms with Gasteiger partial charge in [0.15, 0.2) is 11.6 Å². The Labute approximate surface area is 196 Å². The van der Waals surface area contributed by atoms with Crippen LogP contribution in [0.5, 0.6) is 5.75 Å². The first kappa shape index (κ1) is 23.1. The molecule has 4 nitrogen and oxygen atoms in total. The second-order valence-electron chi connectivity index (χ2n) is 11.1. The van der Waals surface area contributed by atoms with Gasteiger partial charge in [-0.25, -0.2) is 0 Å². The number of carbonyl (C=O) groups excluding carboxylic acids is 2. The summed E-state index contributed by atoms with van der Waals surface area (Å²) in [5.74, 6) is 0.557. The van der Waals surface area contributed by atoms with E-state index < -0.39 is 0 Å². The molecule has 1 aliphatic heterocycles. The average Bonchev–Trinajstić information content (AvgIpc) is 2.67. The fourth-order valence-electron chi connectivity index (χ4n) is 5.52. The van der Waals surface area contributed by atoms with Crippen LogP contribution in [0, 0.1) is 10.8 Å². The number of benzene rings is 1. The maximum atomic E-state index is 13.5. The first-order chi connectivity index (χ1) is 14.9. The van der Waals surface area contributed by atoms with Crippen molar-refractivity contribution in [1.82, 2.24) is 4.90 Å². The molecule has 0 atom stereocenters. The molecule has 0 saturated heterocycles. The van der Waals surface area contributed by atoms with Gasteiger partial charge >= 0.3 is 0 Å². The number of halogens is 1. The maximum Gasteiger partial charge on any atom is 0.162 e. The van der Waals surface area contributed by atoms with Crippen molar-refractivity contribution in [2.45, 2.75) is 72.6 Å². The highest BCUT2D eigenvalue weighted by Crippen LogP contribution is 2.54. The van der Waals surface area contributed by atoms with Gasteiger partial charge in [-0.05, 0) is 47.8 Å². The lowest BCUT2D eigenvalue weighted by molar-refractivity contribution is -0.119. The van der Waals surface area contributed by atoms with E-state index in [-0.39, 0.29) is 28.3 Å². The first-order valence-electron chi connectivity index (χ1n) is 11.6. The number of carbonyl (C=O) groups is 2. The third-order valence-corrected chi connectivity index (χ3v) is 7.23. The van der Waals surface area contributed by atoms with Gasteiger partial charge in [0, 0.05) is 48.3 Å². The van der Waals surface area contributed by atoms with Crippen molar-refractivity contribution < 1.29 is 14.3 Å². The van der Waals surface area contributed by atoms with E-state index in [0.717, 1.165) is 47.4 Å². The van der Waals surface area contributed by atoms with Crippen molar-refractivity contribution in [2.24, 2.45) is 10.8 Å². The zero-order chi connectivity index (χ0) is 23.4. The Morgan fingerprint density at radius 3 is 1.97 bits per heavy atom. The van der Waals surface area contributed by atoms with Crippen LogP contribution >= 0.6 is 11.6 Å². The SMILES string of the molecule is CCCOc1ccc(C2C3=C(CC(C)(C)CC3=O)N(C)C3=C2C(=O)CC(C)(C)C3)cc1Cl. The lowest BCUT2D eigenvalue weighted by Gasteiger charge is -2.47. The van der Waals surface area contributed by atoms with Gasteiger partial charge in [-0.15, -0.1) is 0 Å². The molecule has 0 fully saturated rings. The minimum atomic E-state index is -0.360. The van der Waals surface area contributed by atoms with Crippen LogP contribution in [0.15, 0.2) is 40.7 Å². The zero-order valence-electron chi connectivity index (χ0n) is 20.1. The minimum Gasteiger partial charge on any atom is -0.492 e. The third kappa shape index (κ3) is 4.03. The van der Waals surface area contributed by atoms with Gasteiger partial charge in [0.05, 0.1) is 11.6 Å². The molecule has 0 saturated carbocycles. The van der Waals surface area contributed by atoms with Crippen LogP contribution in [-0.4, -0.2) is 30.1 Å². The van der Waals surface area contributed by atoms with E-state index in [4.69, 9.17) is 16.3 Å². The van der Waals surface area contributed by atoms with Crippen LogP contribution in [0.3, 0.4) is 0 Å². The summed E-state index contributed by atoms with van der Waals surface area (Å²) in [5, 5.41) is 0.520. The van der Waals surface area contributed by atoms with Crippen molar-refractivity contribution in [3.05, 3.63) is 51.3 Å². The molecule has 2 aliphatic carbocycles. The first-order valence-corrected chi connectivity index (χ1v) is 12.0. The minimum absolute atomic E-state index is 0.101. The predicted molar refractivity (Wildman–Crippen MR) is 128 cm³/mol. The van der Waals surface area contributed by atoms with Gasteiger partial charge in [0.25, 0.3) is 0 Å². The second kappa shape index (κ2) is 8.06. The monoisotopic (exact) mass is 455 g/mol. The lowest BCUT2D eigenvalue weighted by atomic mass is 9.64. The highest BCUT2D eigenvalue weighted by atomic mass is 35.5. The largest absolute Gasteiger partial charge is 0.492 e. The number of hydrogen-bond donors (Lipinski definition) is 0. The number of ketones is 2. The van der Waals surface area contributed by atoms with Gasteiger partial charge in [0.2, 0.25) is 0 Å². The summed E-state index contributed by atoms with van der Waals surface area (Å²) in [6.45, 7) is 11.2. The molecule has 0 aromatic heterocycles. The summed E-state index contributed by atoms with van der Waals surface area (Å²) in [7, 11) is 2.03. The molecule has 0 amide bonds. The summed E-state index contributed by atoms with van der Waals surface area (Å²) in [6.07, 6.45) is 3.51. The van der Waals surface area contributed by atoms with Gasteiger partial charge in [0.1, 0.15) is 5.75 Å². The highest BCUT2D eigenvalue weighted by molar-refractivity contribution is 6.32. The van der Waals surface area contributed by atoms with Crippen LogP contribution < -0.4 is 4.74 Å². The number of nitrogens with zero attached hydrogens (tertiary/aromatic N) is 1. The topological polar surface area (TPSA) is 46.6 Å². The summed E-state index contributed by atoms with van der Waals surface area (Å²) >= 11 is 6.59. The molecule has 4 rings (SSSR count). The van der Waals surface area contributed by atoms with Crippen LogP contribution in [-0.2, 0) is 9.59 Å². The predicted octanol–water partition coefficient (Wildman–Crippen LogP) is 6.44. The smallest absolute Gasteiger partial charge is 0.162 e. The summed E-state index contributed by atoms with van der Waals surface area (Å²) < 4.78 is 5.76. The van der Waals surface area contributed by atoms with Crippen LogP contribution in [0.2, 0.25) is 5.02 Å². The van der Waals surface area contributed by atoms with E-state index in [1.807, 2.05) is 25.2 Å². The standard InChI is InChI=1S/C27H34ClNO3/c1-7-10-32-22-9-8-16(11-17(22)28)23-24-18(12-26(2,3)14-20(24)30)29(6)19-13-27(4,5)15-21(31)25(19)23/h8-9,11,23H,7,10,12-15H2,1-6H3. The van der Waals surface area contributed by atoms with Crippen molar-refractivity contribution in [2.75, 3.05) is 13.7 Å². The van der Waals surface area contributed by atoms with E-state index in [1.54, 1.807) is 0 Å². The summed E-state index contributed by atoms with van der Waals surface area (Å²) in [4.78, 5) is 29.2. The van der Waals surface area contributed by atoms with Crippen molar-refractivity contribution in [3.8, 4) is 5.75 Å². The Kier molecular flexibility index (Phi) is 5.82. The van der Waals surface area contributed by atoms with Gasteiger partial charge < -0.3 is 9.64 Å². The van der Waals surface area contributed by atoms with Gasteiger partial charge in [-0.1, -0.05) is 52.3 Å². The van der Waals surface area contributed by atoms with Crippen LogP contribution in [0.4, 0.5) is 0 Å². The highest BCUT2D eigenvalue weighted by Gasteiger charge is 2.48. The molecule has 5 heteroatoms. The van der Waals surface area contributed by atoms with Crippen molar-refractivity contribution in [1.29, 1.82) is 0 Å². The Balaban J connectivity index is 1.90. The number of ether oxygens (including phenoxy) is 1. The molecule has 0 N–H and O–H groups in total. The number of hydrogen-bond acceptors (Lipinski definition) is 4. The summed E-state index contributed by atoms with van der Waals surface area (Å²) in [6, 6.07) is 5.74. The van der Waals surface area contributed by atoms with Gasteiger partial charge in [-0.2, -0.15) is 0 Å². The van der Waals surface area contributed by atoms with E-state index >= 15 is 0 Å². The molecule has 0 radical (unpaired) electrons. The van der Waals surface area contributed by atoms with Gasteiger partial charge in [-0.3, -0.25) is 9.59 Å². The Hall–Kier alpha value is -2.07. The normalized spacial score (nSPS) is 22.8. The number of Topliss-reactive ketones (excluding diaryl/α,β-unsaturated/α-hetero) is 2. The molecule has 1 heterocycles. The van der Waals surface area contributed by atoms with Crippen molar-refractivity contribution >= 4 is 23.2 Å². The Morgan fingerprint density at radius 1 is 0.969 bits per heavy atom. The van der Waals surface area contributed by atoms with E-state index in [1.165, 1.54) is 0 Å². The van der Waals surface area contributed by atoms with Crippen molar-refractivity contribution in [3.63, 3.8) is 0 Å². The lowest BCUT2D eigenvalue weighted by Crippen LogP contribution is -2.43. The Bertz CT molecular complexity index is 993. The van der Waals surface area contributed by atoms with E-state index in [0.29, 0.717) is 30.2 Å². The number of rotatable bonds is 4. The Morgan fingerprint density at radius 2 is 1.50 bits per heavy atom. The molecular weight excluding hydrogens is 422 g/mol. The molecule has 0 bridgehead atoms. The molecule has 0 unspecified atom stereocenters. The summed E-state index contributed by atoms with van der Waals surface area (Å²) in [5.41, 5.74) is 4.36. The van der Waals surface area contributed by atoms with Crippen LogP contribution in [0.1, 0.15) is 78.2 Å². The van der Waals surface area contributed by atoms with E-state index in [2.05, 4.69) is 39.5 Å². The maximum absolute atomic E-state index is 13.5. The fraction of sp³-hybridized carbons (Fsp3) is 0.556. The van der Waals surface area contributed by atoms with Crippen LogP contribution in [0.25, 0.3) is 0 Å². The average molecular weight is 456 g/mol. The molecule has 1 aromatic carbocycles. The molecule has 172 valence electrons. The third-order valence-electron chi connectivity index (χ3n) is 6.93.